The van der Waals surface area contributed by atoms with E-state index in [1.54, 1.807) is 6.07 Å². The third-order valence-corrected chi connectivity index (χ3v) is 5.26. The molecule has 4 nitrogen and oxygen atoms in total. The summed E-state index contributed by atoms with van der Waals surface area (Å²) in [6.45, 7) is 5.23. The van der Waals surface area contributed by atoms with Crippen molar-refractivity contribution in [2.24, 2.45) is 16.6 Å². The SMILES string of the molecule is CC1(C)CCC(CN)(Cc2ccc([N+](=O)[O-])cc2Cl)CC1. The molecule has 0 aromatic heterocycles. The second-order valence-corrected chi connectivity index (χ2v) is 7.49. The van der Waals surface area contributed by atoms with Crippen LogP contribution in [0.15, 0.2) is 18.2 Å². The van der Waals surface area contributed by atoms with Crippen LogP contribution in [0.2, 0.25) is 5.02 Å². The van der Waals surface area contributed by atoms with E-state index >= 15 is 0 Å². The smallest absolute Gasteiger partial charge is 0.270 e. The van der Waals surface area contributed by atoms with Crippen LogP contribution < -0.4 is 5.73 Å². The van der Waals surface area contributed by atoms with E-state index in [9.17, 15) is 10.1 Å². The van der Waals surface area contributed by atoms with Crippen LogP contribution in [0.1, 0.15) is 45.1 Å². The van der Waals surface area contributed by atoms with Crippen LogP contribution in [0.4, 0.5) is 5.69 Å². The quantitative estimate of drug-likeness (QED) is 0.664. The summed E-state index contributed by atoms with van der Waals surface area (Å²) >= 11 is 6.22. The Bertz CT molecular complexity index is 533. The van der Waals surface area contributed by atoms with Gasteiger partial charge in [-0.05, 0) is 55.0 Å². The molecule has 0 radical (unpaired) electrons. The van der Waals surface area contributed by atoms with Crippen LogP contribution >= 0.6 is 11.6 Å². The normalized spacial score (nSPS) is 20.2. The number of nitro benzene ring substituents is 1. The highest BCUT2D eigenvalue weighted by Gasteiger charge is 2.37. The predicted octanol–water partition coefficient (Wildman–Crippen LogP) is 4.34. The Kier molecular flexibility index (Phi) is 4.59. The van der Waals surface area contributed by atoms with Gasteiger partial charge in [0.1, 0.15) is 0 Å². The number of rotatable bonds is 4. The van der Waals surface area contributed by atoms with Gasteiger partial charge in [0.15, 0.2) is 0 Å². The number of nitrogens with zero attached hydrogens (tertiary/aromatic N) is 1. The molecule has 1 aliphatic carbocycles. The summed E-state index contributed by atoms with van der Waals surface area (Å²) in [5.74, 6) is 0. The van der Waals surface area contributed by atoms with Crippen molar-refractivity contribution in [1.82, 2.24) is 0 Å². The van der Waals surface area contributed by atoms with Crippen molar-refractivity contribution in [3.05, 3.63) is 38.9 Å². The Morgan fingerprint density at radius 3 is 2.38 bits per heavy atom. The zero-order valence-electron chi connectivity index (χ0n) is 12.7. The lowest BCUT2D eigenvalue weighted by Crippen LogP contribution is -2.39. The van der Waals surface area contributed by atoms with Crippen LogP contribution in [0, 0.1) is 20.9 Å². The third-order valence-electron chi connectivity index (χ3n) is 4.91. The second kappa shape index (κ2) is 5.93. The number of hydrogen-bond acceptors (Lipinski definition) is 3. The Morgan fingerprint density at radius 1 is 1.29 bits per heavy atom. The van der Waals surface area contributed by atoms with Crippen molar-refractivity contribution in [2.45, 2.75) is 46.0 Å². The van der Waals surface area contributed by atoms with Gasteiger partial charge in [-0.2, -0.15) is 0 Å². The minimum Gasteiger partial charge on any atom is -0.330 e. The number of halogens is 1. The molecule has 21 heavy (non-hydrogen) atoms. The van der Waals surface area contributed by atoms with Crippen molar-refractivity contribution in [2.75, 3.05) is 6.54 Å². The molecule has 0 amide bonds. The van der Waals surface area contributed by atoms with Gasteiger partial charge in [-0.15, -0.1) is 0 Å². The van der Waals surface area contributed by atoms with E-state index in [0.717, 1.165) is 37.7 Å². The summed E-state index contributed by atoms with van der Waals surface area (Å²) in [5, 5.41) is 11.2. The van der Waals surface area contributed by atoms with E-state index in [2.05, 4.69) is 13.8 Å². The molecular formula is C16H23ClN2O2. The Hall–Kier alpha value is -1.13. The van der Waals surface area contributed by atoms with Gasteiger partial charge >= 0.3 is 0 Å². The maximum atomic E-state index is 10.8. The molecule has 116 valence electrons. The summed E-state index contributed by atoms with van der Waals surface area (Å²) in [6.07, 6.45) is 5.30. The number of nitrogens with two attached hydrogens (primary N) is 1. The monoisotopic (exact) mass is 310 g/mol. The number of non-ortho nitro benzene ring substituents is 1. The zero-order valence-corrected chi connectivity index (χ0v) is 13.4. The lowest BCUT2D eigenvalue weighted by molar-refractivity contribution is -0.384. The molecule has 1 aliphatic rings. The average Bonchev–Trinajstić information content (AvgIpc) is 2.43. The summed E-state index contributed by atoms with van der Waals surface area (Å²) in [4.78, 5) is 10.4. The molecule has 2 rings (SSSR count). The fourth-order valence-electron chi connectivity index (χ4n) is 3.11. The minimum absolute atomic E-state index is 0.0373. The summed E-state index contributed by atoms with van der Waals surface area (Å²) in [6, 6.07) is 4.74. The highest BCUT2D eigenvalue weighted by molar-refractivity contribution is 6.31. The lowest BCUT2D eigenvalue weighted by atomic mass is 9.63. The van der Waals surface area contributed by atoms with Gasteiger partial charge in [0.25, 0.3) is 5.69 Å². The molecule has 0 saturated heterocycles. The van der Waals surface area contributed by atoms with Gasteiger partial charge in [-0.1, -0.05) is 31.5 Å². The first kappa shape index (κ1) is 16.2. The van der Waals surface area contributed by atoms with Gasteiger partial charge < -0.3 is 5.73 Å². The molecule has 0 heterocycles. The molecule has 0 bridgehead atoms. The van der Waals surface area contributed by atoms with Gasteiger partial charge in [-0.25, -0.2) is 0 Å². The van der Waals surface area contributed by atoms with E-state index in [4.69, 9.17) is 17.3 Å². The summed E-state index contributed by atoms with van der Waals surface area (Å²) in [7, 11) is 0. The largest absolute Gasteiger partial charge is 0.330 e. The fourth-order valence-corrected chi connectivity index (χ4v) is 3.35. The van der Waals surface area contributed by atoms with Crippen molar-refractivity contribution in [1.29, 1.82) is 0 Å². The van der Waals surface area contributed by atoms with E-state index in [-0.39, 0.29) is 11.1 Å². The maximum absolute atomic E-state index is 10.8. The summed E-state index contributed by atoms with van der Waals surface area (Å²) in [5.41, 5.74) is 7.52. The summed E-state index contributed by atoms with van der Waals surface area (Å²) < 4.78 is 0. The van der Waals surface area contributed by atoms with Gasteiger partial charge in [0.05, 0.1) is 9.95 Å². The number of hydrogen-bond donors (Lipinski definition) is 1. The molecule has 1 aromatic carbocycles. The Morgan fingerprint density at radius 2 is 1.90 bits per heavy atom. The van der Waals surface area contributed by atoms with Gasteiger partial charge in [-0.3, -0.25) is 10.1 Å². The first-order valence-corrected chi connectivity index (χ1v) is 7.78. The van der Waals surface area contributed by atoms with Crippen LogP contribution in [-0.2, 0) is 6.42 Å². The standard InChI is InChI=1S/C16H23ClN2O2/c1-15(2)5-7-16(11-18,8-6-15)10-12-3-4-13(19(20)21)9-14(12)17/h3-4,9H,5-8,10-11,18H2,1-2H3. The van der Waals surface area contributed by atoms with Crippen molar-refractivity contribution in [3.63, 3.8) is 0 Å². The number of nitro groups is 1. The highest BCUT2D eigenvalue weighted by atomic mass is 35.5. The first-order chi connectivity index (χ1) is 9.77. The highest BCUT2D eigenvalue weighted by Crippen LogP contribution is 2.46. The van der Waals surface area contributed by atoms with E-state index in [1.807, 2.05) is 0 Å². The van der Waals surface area contributed by atoms with Crippen LogP contribution in [0.3, 0.4) is 0 Å². The second-order valence-electron chi connectivity index (χ2n) is 7.08. The molecule has 0 atom stereocenters. The fraction of sp³-hybridized carbons (Fsp3) is 0.625. The van der Waals surface area contributed by atoms with Gasteiger partial charge in [0.2, 0.25) is 0 Å². The third kappa shape index (κ3) is 3.74. The molecule has 2 N–H and O–H groups in total. The molecule has 1 aromatic rings. The van der Waals surface area contributed by atoms with Gasteiger partial charge in [0, 0.05) is 12.1 Å². The molecular weight excluding hydrogens is 288 g/mol. The van der Waals surface area contributed by atoms with Crippen LogP contribution in [0.5, 0.6) is 0 Å². The number of benzene rings is 1. The predicted molar refractivity (Wildman–Crippen MR) is 85.5 cm³/mol. The average molecular weight is 311 g/mol. The first-order valence-electron chi connectivity index (χ1n) is 7.40. The minimum atomic E-state index is -0.419. The Labute approximate surface area is 130 Å². The van der Waals surface area contributed by atoms with E-state index < -0.39 is 4.92 Å². The molecule has 0 aliphatic heterocycles. The van der Waals surface area contributed by atoms with Crippen LogP contribution in [-0.4, -0.2) is 11.5 Å². The molecule has 0 spiro atoms. The molecule has 5 heteroatoms. The molecule has 1 fully saturated rings. The van der Waals surface area contributed by atoms with Crippen molar-refractivity contribution < 1.29 is 4.92 Å². The van der Waals surface area contributed by atoms with E-state index in [1.165, 1.54) is 12.1 Å². The lowest BCUT2D eigenvalue weighted by Gasteiger charge is -2.43. The van der Waals surface area contributed by atoms with Crippen molar-refractivity contribution in [3.8, 4) is 0 Å². The zero-order chi connectivity index (χ0) is 15.7. The van der Waals surface area contributed by atoms with Crippen molar-refractivity contribution >= 4 is 17.3 Å². The topological polar surface area (TPSA) is 69.2 Å². The molecule has 0 unspecified atom stereocenters. The van der Waals surface area contributed by atoms with E-state index in [0.29, 0.717) is 17.0 Å². The maximum Gasteiger partial charge on any atom is 0.270 e. The molecule has 1 saturated carbocycles. The Balaban J connectivity index is 2.18. The van der Waals surface area contributed by atoms with Crippen LogP contribution in [0.25, 0.3) is 0 Å².